The first kappa shape index (κ1) is 14.8. The topological polar surface area (TPSA) is 68.0 Å². The number of pyridine rings is 1. The van der Waals surface area contributed by atoms with Crippen molar-refractivity contribution in [3.63, 3.8) is 0 Å². The molecule has 4 nitrogen and oxygen atoms in total. The van der Waals surface area contributed by atoms with Crippen LogP contribution >= 0.6 is 0 Å². The van der Waals surface area contributed by atoms with E-state index in [-0.39, 0.29) is 5.91 Å². The first-order valence-electron chi connectivity index (χ1n) is 6.71. The highest BCUT2D eigenvalue weighted by Crippen LogP contribution is 2.26. The number of fused-ring (bicyclic) bond motifs is 3. The molecule has 0 radical (unpaired) electrons. The summed E-state index contributed by atoms with van der Waals surface area (Å²) in [7, 11) is 0. The number of aryl methyl sites for hydroxylation is 1. The average molecular weight is 279 g/mol. The highest BCUT2D eigenvalue weighted by Gasteiger charge is 2.10. The number of aromatic nitrogens is 1. The van der Waals surface area contributed by atoms with Crippen molar-refractivity contribution in [1.29, 1.82) is 0 Å². The van der Waals surface area contributed by atoms with Crippen molar-refractivity contribution < 1.29 is 4.79 Å². The summed E-state index contributed by atoms with van der Waals surface area (Å²) in [5, 5.41) is 0. The molecule has 3 rings (SSSR count). The Morgan fingerprint density at radius 1 is 1.29 bits per heavy atom. The Kier molecular flexibility index (Phi) is 5.08. The van der Waals surface area contributed by atoms with Crippen molar-refractivity contribution in [1.82, 2.24) is 10.4 Å². The van der Waals surface area contributed by atoms with E-state index in [9.17, 15) is 4.79 Å². The van der Waals surface area contributed by atoms with E-state index in [1.54, 1.807) is 0 Å². The largest absolute Gasteiger partial charge is 0.295 e. The molecule has 4 heteroatoms. The summed E-state index contributed by atoms with van der Waals surface area (Å²) in [6.07, 6.45) is 3.77. The number of carbonyl (C=O) groups is 1. The van der Waals surface area contributed by atoms with E-state index in [1.165, 1.54) is 18.1 Å². The van der Waals surface area contributed by atoms with Gasteiger partial charge in [0.2, 0.25) is 5.91 Å². The molecular weight excluding hydrogens is 262 g/mol. The normalized spacial score (nSPS) is 11.1. The van der Waals surface area contributed by atoms with E-state index in [2.05, 4.69) is 46.9 Å². The first-order valence-corrected chi connectivity index (χ1v) is 6.71. The standard InChI is InChI=1S/C15H11N.C2H6N2O/c1-2-8-13-9-5-11-16-15(13)14-10-4-3-7-12(14)6-1;1-2(5)4-3/h3-5,7,9-11H,1,6H2;3H2,1H3,(H,4,5). The molecule has 0 saturated carbocycles. The molecule has 0 fully saturated rings. The summed E-state index contributed by atoms with van der Waals surface area (Å²) in [6, 6.07) is 12.4. The van der Waals surface area contributed by atoms with E-state index < -0.39 is 0 Å². The quantitative estimate of drug-likeness (QED) is 0.335. The average Bonchev–Trinajstić information content (AvgIpc) is 2.50. The Morgan fingerprint density at radius 2 is 2.05 bits per heavy atom. The number of benzene rings is 1. The Balaban J connectivity index is 0.000000282. The van der Waals surface area contributed by atoms with E-state index in [0.717, 1.165) is 24.1 Å². The predicted molar refractivity (Wildman–Crippen MR) is 82.9 cm³/mol. The second kappa shape index (κ2) is 7.22. The fraction of sp³-hybridized carbons (Fsp3) is 0.176. The zero-order valence-electron chi connectivity index (χ0n) is 11.9. The molecular formula is C17H17N3O. The van der Waals surface area contributed by atoms with Crippen LogP contribution in [0, 0.1) is 11.8 Å². The van der Waals surface area contributed by atoms with Gasteiger partial charge >= 0.3 is 0 Å². The number of rotatable bonds is 0. The van der Waals surface area contributed by atoms with Crippen LogP contribution in [0.25, 0.3) is 11.3 Å². The van der Waals surface area contributed by atoms with Crippen molar-refractivity contribution in [2.45, 2.75) is 19.8 Å². The van der Waals surface area contributed by atoms with Gasteiger partial charge in [0, 0.05) is 25.1 Å². The molecule has 0 aliphatic heterocycles. The lowest BCUT2D eigenvalue weighted by Gasteiger charge is -2.11. The van der Waals surface area contributed by atoms with Crippen molar-refractivity contribution >= 4 is 5.91 Å². The van der Waals surface area contributed by atoms with Crippen LogP contribution in [-0.4, -0.2) is 10.9 Å². The van der Waals surface area contributed by atoms with Crippen LogP contribution in [0.2, 0.25) is 0 Å². The lowest BCUT2D eigenvalue weighted by atomic mass is 9.96. The third-order valence-corrected chi connectivity index (χ3v) is 3.03. The maximum atomic E-state index is 9.58. The van der Waals surface area contributed by atoms with E-state index >= 15 is 0 Å². The maximum absolute atomic E-state index is 9.58. The summed E-state index contributed by atoms with van der Waals surface area (Å²) in [5.74, 6) is 10.7. The fourth-order valence-corrected chi connectivity index (χ4v) is 2.05. The Labute approximate surface area is 124 Å². The molecule has 0 spiro atoms. The third-order valence-electron chi connectivity index (χ3n) is 3.03. The minimum absolute atomic E-state index is 0.218. The molecule has 21 heavy (non-hydrogen) atoms. The smallest absolute Gasteiger partial charge is 0.230 e. The summed E-state index contributed by atoms with van der Waals surface area (Å²) in [6.45, 7) is 1.35. The van der Waals surface area contributed by atoms with Gasteiger partial charge in [0.15, 0.2) is 0 Å². The van der Waals surface area contributed by atoms with E-state index in [0.29, 0.717) is 0 Å². The maximum Gasteiger partial charge on any atom is 0.230 e. The number of carbonyl (C=O) groups excluding carboxylic acids is 1. The number of nitrogens with one attached hydrogen (secondary N) is 1. The lowest BCUT2D eigenvalue weighted by molar-refractivity contribution is -0.119. The molecule has 1 aromatic carbocycles. The zero-order chi connectivity index (χ0) is 15.1. The van der Waals surface area contributed by atoms with Gasteiger partial charge in [-0.2, -0.15) is 0 Å². The van der Waals surface area contributed by atoms with Gasteiger partial charge in [0.1, 0.15) is 0 Å². The summed E-state index contributed by atoms with van der Waals surface area (Å²) in [4.78, 5) is 14.0. The summed E-state index contributed by atoms with van der Waals surface area (Å²) < 4.78 is 0. The number of nitrogens with two attached hydrogens (primary N) is 1. The SMILES string of the molecule is C1#Cc2cccnc2-c2ccccc2CC1.CC(=O)NN. The van der Waals surface area contributed by atoms with Crippen molar-refractivity contribution in [3.05, 3.63) is 53.7 Å². The number of hydrazine groups is 1. The van der Waals surface area contributed by atoms with Gasteiger partial charge in [0.25, 0.3) is 0 Å². The second-order valence-electron chi connectivity index (χ2n) is 4.56. The molecule has 0 bridgehead atoms. The zero-order valence-corrected chi connectivity index (χ0v) is 11.9. The van der Waals surface area contributed by atoms with Crippen LogP contribution in [0.1, 0.15) is 24.5 Å². The molecule has 2 aromatic rings. The Hall–Kier alpha value is -2.64. The van der Waals surface area contributed by atoms with Crippen LogP contribution in [0.5, 0.6) is 0 Å². The fourth-order valence-electron chi connectivity index (χ4n) is 2.05. The van der Waals surface area contributed by atoms with Gasteiger partial charge in [-0.15, -0.1) is 0 Å². The van der Waals surface area contributed by atoms with Gasteiger partial charge in [-0.3, -0.25) is 15.2 Å². The lowest BCUT2D eigenvalue weighted by Crippen LogP contribution is -2.26. The second-order valence-corrected chi connectivity index (χ2v) is 4.56. The minimum Gasteiger partial charge on any atom is -0.295 e. The van der Waals surface area contributed by atoms with Crippen LogP contribution in [0.15, 0.2) is 42.6 Å². The van der Waals surface area contributed by atoms with Crippen molar-refractivity contribution in [2.75, 3.05) is 0 Å². The van der Waals surface area contributed by atoms with E-state index in [4.69, 9.17) is 0 Å². The van der Waals surface area contributed by atoms with Crippen LogP contribution in [-0.2, 0) is 11.2 Å². The van der Waals surface area contributed by atoms with Gasteiger partial charge in [-0.1, -0.05) is 36.1 Å². The highest BCUT2D eigenvalue weighted by molar-refractivity contribution is 5.72. The van der Waals surface area contributed by atoms with E-state index in [1.807, 2.05) is 23.8 Å². The Morgan fingerprint density at radius 3 is 2.81 bits per heavy atom. The molecule has 1 aliphatic carbocycles. The number of nitrogens with zero attached hydrogens (tertiary/aromatic N) is 1. The highest BCUT2D eigenvalue weighted by atomic mass is 16.2. The monoisotopic (exact) mass is 279 g/mol. The Bertz CT molecular complexity index is 698. The van der Waals surface area contributed by atoms with Gasteiger partial charge < -0.3 is 0 Å². The van der Waals surface area contributed by atoms with Crippen LogP contribution in [0.4, 0.5) is 0 Å². The molecule has 3 N–H and O–H groups in total. The molecule has 0 atom stereocenters. The molecule has 1 aromatic heterocycles. The molecule has 0 saturated heterocycles. The van der Waals surface area contributed by atoms with Crippen molar-refractivity contribution in [3.8, 4) is 23.1 Å². The molecule has 1 heterocycles. The molecule has 1 aliphatic rings. The molecule has 106 valence electrons. The predicted octanol–water partition coefficient (Wildman–Crippen LogP) is 2.04. The van der Waals surface area contributed by atoms with Gasteiger partial charge in [-0.25, -0.2) is 5.84 Å². The number of hydrogen-bond donors (Lipinski definition) is 2. The minimum atomic E-state index is -0.218. The first-order chi connectivity index (χ1) is 10.2. The summed E-state index contributed by atoms with van der Waals surface area (Å²) in [5.41, 5.74) is 6.52. The molecule has 0 unspecified atom stereocenters. The van der Waals surface area contributed by atoms with Crippen LogP contribution in [0.3, 0.4) is 0 Å². The third kappa shape index (κ3) is 3.91. The van der Waals surface area contributed by atoms with Gasteiger partial charge in [-0.05, 0) is 24.1 Å². The van der Waals surface area contributed by atoms with Crippen molar-refractivity contribution in [2.24, 2.45) is 5.84 Å². The van der Waals surface area contributed by atoms with Crippen LogP contribution < -0.4 is 11.3 Å². The number of amides is 1. The van der Waals surface area contributed by atoms with Gasteiger partial charge in [0.05, 0.1) is 11.3 Å². The number of hydrogen-bond acceptors (Lipinski definition) is 3. The summed E-state index contributed by atoms with van der Waals surface area (Å²) >= 11 is 0. The molecule has 1 amide bonds.